The maximum atomic E-state index is 6.88. The number of unbranched alkanes of at least 4 members (excludes halogenated alkanes) is 22. The first-order valence-electron chi connectivity index (χ1n) is 17.7. The fourth-order valence-corrected chi connectivity index (χ4v) is 6.17. The predicted octanol–water partition coefficient (Wildman–Crippen LogP) is 12.8. The van der Waals surface area contributed by atoms with Gasteiger partial charge < -0.3 is 5.73 Å². The lowest BCUT2D eigenvalue weighted by molar-refractivity contribution is 0.149. The summed E-state index contributed by atoms with van der Waals surface area (Å²) in [6.45, 7) is 14.0. The third-order valence-electron chi connectivity index (χ3n) is 9.79. The van der Waals surface area contributed by atoms with Gasteiger partial charge in [-0.05, 0) is 24.7 Å². The molecule has 224 valence electrons. The molecule has 2 atom stereocenters. The maximum Gasteiger partial charge on any atom is 0.0177 e. The van der Waals surface area contributed by atoms with E-state index < -0.39 is 0 Å². The fraction of sp³-hybridized carbons (Fsp3) is 1.00. The normalized spacial score (nSPS) is 14.5. The van der Waals surface area contributed by atoms with E-state index in [1.807, 2.05) is 0 Å². The first-order chi connectivity index (χ1) is 17.9. The van der Waals surface area contributed by atoms with E-state index in [9.17, 15) is 0 Å². The minimum absolute atomic E-state index is 0.0427. The third-order valence-corrected chi connectivity index (χ3v) is 9.79. The molecule has 0 aromatic rings. The summed E-state index contributed by atoms with van der Waals surface area (Å²) in [6.07, 6.45) is 37.4. The molecule has 0 aromatic heterocycles. The lowest BCUT2D eigenvalue weighted by atomic mass is 9.69. The van der Waals surface area contributed by atoms with Gasteiger partial charge in [0.15, 0.2) is 0 Å². The quantitative estimate of drug-likeness (QED) is 0.0973. The Morgan fingerprint density at radius 2 is 0.676 bits per heavy atom. The molecule has 1 heteroatoms. The molecule has 0 bridgehead atoms. The van der Waals surface area contributed by atoms with Crippen LogP contribution in [0, 0.1) is 17.8 Å². The van der Waals surface area contributed by atoms with Crippen LogP contribution in [0.1, 0.15) is 208 Å². The van der Waals surface area contributed by atoms with Crippen LogP contribution in [0.3, 0.4) is 0 Å². The second kappa shape index (κ2) is 26.2. The molecule has 0 aliphatic carbocycles. The van der Waals surface area contributed by atoms with E-state index >= 15 is 0 Å². The Morgan fingerprint density at radius 3 is 0.919 bits per heavy atom. The third kappa shape index (κ3) is 21.5. The van der Waals surface area contributed by atoms with Crippen molar-refractivity contribution in [3.63, 3.8) is 0 Å². The van der Waals surface area contributed by atoms with Crippen LogP contribution < -0.4 is 5.73 Å². The Morgan fingerprint density at radius 1 is 0.432 bits per heavy atom. The highest BCUT2D eigenvalue weighted by molar-refractivity contribution is 4.91. The summed E-state index contributed by atoms with van der Waals surface area (Å²) in [6, 6.07) is 0. The zero-order valence-electron chi connectivity index (χ0n) is 27.2. The molecule has 1 nitrogen and oxygen atoms in total. The summed E-state index contributed by atoms with van der Waals surface area (Å²) in [5.74, 6) is 1.98. The summed E-state index contributed by atoms with van der Waals surface area (Å²) in [4.78, 5) is 0. The van der Waals surface area contributed by atoms with Crippen LogP contribution in [0.4, 0.5) is 0 Å². The Hall–Kier alpha value is -0.0400. The van der Waals surface area contributed by atoms with Crippen molar-refractivity contribution in [3.05, 3.63) is 0 Å². The Balaban J connectivity index is 4.04. The van der Waals surface area contributed by atoms with Gasteiger partial charge in [0.05, 0.1) is 0 Å². The monoisotopic (exact) mass is 522 g/mol. The van der Waals surface area contributed by atoms with Gasteiger partial charge in [-0.1, -0.05) is 202 Å². The van der Waals surface area contributed by atoms with Crippen molar-refractivity contribution in [2.75, 3.05) is 0 Å². The van der Waals surface area contributed by atoms with Gasteiger partial charge in [0.1, 0.15) is 0 Å². The van der Waals surface area contributed by atoms with Gasteiger partial charge in [0.2, 0.25) is 0 Å². The number of rotatable bonds is 29. The molecular formula is C36H75N. The molecule has 0 saturated heterocycles. The van der Waals surface area contributed by atoms with E-state index in [-0.39, 0.29) is 5.54 Å². The second-order valence-corrected chi connectivity index (χ2v) is 13.4. The van der Waals surface area contributed by atoms with E-state index in [2.05, 4.69) is 41.5 Å². The SMILES string of the molecule is CCCCCCCCCCCCCCC(CCCCCCCCCCCCCC)C(C)C(C)(N)C(C)C. The highest BCUT2D eigenvalue weighted by Gasteiger charge is 2.34. The predicted molar refractivity (Wildman–Crippen MR) is 171 cm³/mol. The van der Waals surface area contributed by atoms with E-state index in [0.717, 1.165) is 5.92 Å². The molecule has 0 aliphatic rings. The summed E-state index contributed by atoms with van der Waals surface area (Å²) < 4.78 is 0. The fourth-order valence-electron chi connectivity index (χ4n) is 6.17. The van der Waals surface area contributed by atoms with Crippen LogP contribution in [-0.2, 0) is 0 Å². The average molecular weight is 522 g/mol. The Bertz CT molecular complexity index is 412. The lowest BCUT2D eigenvalue weighted by Gasteiger charge is -2.40. The zero-order valence-corrected chi connectivity index (χ0v) is 27.2. The number of hydrogen-bond donors (Lipinski definition) is 1. The van der Waals surface area contributed by atoms with Gasteiger partial charge in [-0.25, -0.2) is 0 Å². The molecular weight excluding hydrogens is 446 g/mol. The topological polar surface area (TPSA) is 26.0 Å². The summed E-state index contributed by atoms with van der Waals surface area (Å²) >= 11 is 0. The van der Waals surface area contributed by atoms with Gasteiger partial charge in [-0.2, -0.15) is 0 Å². The summed E-state index contributed by atoms with van der Waals surface area (Å²) in [5.41, 5.74) is 6.83. The van der Waals surface area contributed by atoms with Crippen molar-refractivity contribution < 1.29 is 0 Å². The highest BCUT2D eigenvalue weighted by Crippen LogP contribution is 2.35. The minimum atomic E-state index is -0.0427. The zero-order chi connectivity index (χ0) is 27.6. The minimum Gasteiger partial charge on any atom is -0.325 e. The molecule has 0 fully saturated rings. The number of hydrogen-bond acceptors (Lipinski definition) is 1. The van der Waals surface area contributed by atoms with Crippen LogP contribution in [0.15, 0.2) is 0 Å². The van der Waals surface area contributed by atoms with E-state index in [0.29, 0.717) is 11.8 Å². The van der Waals surface area contributed by atoms with Gasteiger partial charge in [-0.3, -0.25) is 0 Å². The van der Waals surface area contributed by atoms with Gasteiger partial charge in [0, 0.05) is 5.54 Å². The van der Waals surface area contributed by atoms with Crippen molar-refractivity contribution in [2.45, 2.75) is 214 Å². The van der Waals surface area contributed by atoms with Crippen molar-refractivity contribution in [1.82, 2.24) is 0 Å². The molecule has 37 heavy (non-hydrogen) atoms. The van der Waals surface area contributed by atoms with Crippen LogP contribution in [-0.4, -0.2) is 5.54 Å². The van der Waals surface area contributed by atoms with Crippen molar-refractivity contribution in [3.8, 4) is 0 Å². The van der Waals surface area contributed by atoms with Crippen molar-refractivity contribution in [2.24, 2.45) is 23.5 Å². The van der Waals surface area contributed by atoms with Gasteiger partial charge in [-0.15, -0.1) is 0 Å². The molecule has 0 aromatic carbocycles. The molecule has 0 amide bonds. The standard InChI is InChI=1S/C36H75N/c1-7-9-11-13-15-17-19-21-23-25-27-29-31-35(34(5)36(6,37)33(3)4)32-30-28-26-24-22-20-18-16-14-12-10-8-2/h33-35H,7-32,37H2,1-6H3. The van der Waals surface area contributed by atoms with Crippen LogP contribution in [0.2, 0.25) is 0 Å². The number of nitrogens with two attached hydrogens (primary N) is 1. The van der Waals surface area contributed by atoms with Crippen molar-refractivity contribution >= 4 is 0 Å². The second-order valence-electron chi connectivity index (χ2n) is 13.4. The summed E-state index contributed by atoms with van der Waals surface area (Å²) in [5, 5.41) is 0. The average Bonchev–Trinajstić information content (AvgIpc) is 2.88. The lowest BCUT2D eigenvalue weighted by Crippen LogP contribution is -2.50. The van der Waals surface area contributed by atoms with Gasteiger partial charge >= 0.3 is 0 Å². The van der Waals surface area contributed by atoms with Crippen LogP contribution in [0.25, 0.3) is 0 Å². The summed E-state index contributed by atoms with van der Waals surface area (Å²) in [7, 11) is 0. The molecule has 0 spiro atoms. The first kappa shape index (κ1) is 37.0. The molecule has 0 rings (SSSR count). The van der Waals surface area contributed by atoms with E-state index in [4.69, 9.17) is 5.73 Å². The molecule has 0 saturated carbocycles. The molecule has 2 unspecified atom stereocenters. The Kier molecular flexibility index (Phi) is 26.2. The smallest absolute Gasteiger partial charge is 0.0177 e. The van der Waals surface area contributed by atoms with Crippen molar-refractivity contribution in [1.29, 1.82) is 0 Å². The molecule has 0 radical (unpaired) electrons. The largest absolute Gasteiger partial charge is 0.325 e. The van der Waals surface area contributed by atoms with E-state index in [1.165, 1.54) is 167 Å². The highest BCUT2D eigenvalue weighted by atomic mass is 14.8. The van der Waals surface area contributed by atoms with E-state index in [1.54, 1.807) is 0 Å². The molecule has 2 N–H and O–H groups in total. The molecule has 0 aliphatic heterocycles. The van der Waals surface area contributed by atoms with Crippen LogP contribution in [0.5, 0.6) is 0 Å². The van der Waals surface area contributed by atoms with Crippen LogP contribution >= 0.6 is 0 Å². The Labute approximate surface area is 237 Å². The maximum absolute atomic E-state index is 6.88. The van der Waals surface area contributed by atoms with Gasteiger partial charge in [0.25, 0.3) is 0 Å². The first-order valence-corrected chi connectivity index (χ1v) is 17.7. The molecule has 0 heterocycles.